The fraction of sp³-hybridized carbons (Fsp3) is 0. The van der Waals surface area contributed by atoms with E-state index in [0.717, 1.165) is 33.1 Å². The molecule has 4 heterocycles. The molecule has 4 aromatic heterocycles. The van der Waals surface area contributed by atoms with Gasteiger partial charge in [-0.25, -0.2) is 9.97 Å². The van der Waals surface area contributed by atoms with Gasteiger partial charge in [0.15, 0.2) is 5.65 Å². The quantitative estimate of drug-likeness (QED) is 0.221. The molecule has 0 amide bonds. The molecule has 4 nitrogen and oxygen atoms in total. The summed E-state index contributed by atoms with van der Waals surface area (Å²) in [6.07, 6.45) is 0. The molecule has 0 atom stereocenters. The molecule has 0 bridgehead atoms. The zero-order chi connectivity index (χ0) is 27.4. The maximum absolute atomic E-state index is 5.12. The molecule has 42 heavy (non-hydrogen) atoms. The van der Waals surface area contributed by atoms with E-state index in [1.54, 1.807) is 0 Å². The minimum Gasteiger partial charge on any atom is -0.309 e. The van der Waals surface area contributed by atoms with Crippen LogP contribution in [-0.4, -0.2) is 18.9 Å². The van der Waals surface area contributed by atoms with Crippen LogP contribution >= 0.6 is 0 Å². The fourth-order valence-corrected chi connectivity index (χ4v) is 7.09. The Balaban J connectivity index is 1.30. The van der Waals surface area contributed by atoms with E-state index in [2.05, 4.69) is 118 Å². The third-order valence-electron chi connectivity index (χ3n) is 8.83. The molecule has 0 saturated carbocycles. The summed E-state index contributed by atoms with van der Waals surface area (Å²) in [6, 6.07) is 47.6. The Bertz CT molecular complexity index is 2680. The first-order valence-corrected chi connectivity index (χ1v) is 14.3. The van der Waals surface area contributed by atoms with Gasteiger partial charge in [-0.3, -0.25) is 4.40 Å². The predicted molar refractivity (Wildman–Crippen MR) is 174 cm³/mol. The Morgan fingerprint density at radius 3 is 2.07 bits per heavy atom. The number of rotatable bonds is 2. The lowest BCUT2D eigenvalue weighted by atomic mass is 9.97. The van der Waals surface area contributed by atoms with Gasteiger partial charge in [-0.2, -0.15) is 0 Å². The Labute approximate surface area is 240 Å². The van der Waals surface area contributed by atoms with Crippen LogP contribution in [0, 0.1) is 0 Å². The number of para-hydroxylation sites is 5. The zero-order valence-electron chi connectivity index (χ0n) is 22.5. The van der Waals surface area contributed by atoms with Crippen LogP contribution in [0.5, 0.6) is 0 Å². The zero-order valence-corrected chi connectivity index (χ0v) is 22.5. The van der Waals surface area contributed by atoms with Gasteiger partial charge in [-0.15, -0.1) is 0 Å². The smallest absolute Gasteiger partial charge is 0.165 e. The number of fused-ring (bicyclic) bond motifs is 10. The first-order valence-electron chi connectivity index (χ1n) is 14.3. The fourth-order valence-electron chi connectivity index (χ4n) is 7.09. The van der Waals surface area contributed by atoms with Crippen LogP contribution < -0.4 is 0 Å². The van der Waals surface area contributed by atoms with Crippen LogP contribution in [0.3, 0.4) is 0 Å². The van der Waals surface area contributed by atoms with Gasteiger partial charge in [-0.1, -0.05) is 84.9 Å². The summed E-state index contributed by atoms with van der Waals surface area (Å²) in [4.78, 5) is 10.2. The number of hydrogen-bond acceptors (Lipinski definition) is 2. The second-order valence-electron chi connectivity index (χ2n) is 11.0. The lowest BCUT2D eigenvalue weighted by molar-refractivity contribution is 1.18. The van der Waals surface area contributed by atoms with Gasteiger partial charge in [0.2, 0.25) is 0 Å². The highest BCUT2D eigenvalue weighted by Gasteiger charge is 2.22. The molecule has 0 spiro atoms. The third kappa shape index (κ3) is 2.76. The standard InChI is InChI=1S/C38H22N4/c1-2-10-24(11-3-1)41-32-18-7-4-12-26(32)29-22-23(20-21-33(29)41)25-13-9-19-34-35(25)27-14-8-15-28-36-38(42(34)37(27)28)40-31-17-6-5-16-30(31)39-36/h1-22H. The van der Waals surface area contributed by atoms with Crippen molar-refractivity contribution in [1.29, 1.82) is 0 Å². The van der Waals surface area contributed by atoms with Crippen molar-refractivity contribution >= 4 is 71.2 Å². The number of benzene rings is 6. The highest BCUT2D eigenvalue weighted by molar-refractivity contribution is 6.25. The van der Waals surface area contributed by atoms with E-state index in [-0.39, 0.29) is 0 Å². The van der Waals surface area contributed by atoms with Crippen molar-refractivity contribution in [2.45, 2.75) is 0 Å². The van der Waals surface area contributed by atoms with Gasteiger partial charge in [0.05, 0.1) is 33.1 Å². The lowest BCUT2D eigenvalue weighted by Gasteiger charge is -2.09. The SMILES string of the molecule is c1ccc(-n2c3ccccc3c3cc(-c4cccc5c4c4cccc6c7nc8ccccc8nc7n5c64)ccc32)cc1. The molecule has 10 aromatic rings. The van der Waals surface area contributed by atoms with Crippen molar-refractivity contribution in [3.63, 3.8) is 0 Å². The molecule has 0 N–H and O–H groups in total. The normalized spacial score (nSPS) is 12.3. The number of nitrogens with zero attached hydrogens (tertiary/aromatic N) is 4. The molecular formula is C38H22N4. The largest absolute Gasteiger partial charge is 0.309 e. The highest BCUT2D eigenvalue weighted by atomic mass is 15.0. The van der Waals surface area contributed by atoms with Gasteiger partial charge < -0.3 is 4.57 Å². The van der Waals surface area contributed by atoms with Crippen LogP contribution in [0.25, 0.3) is 88.0 Å². The van der Waals surface area contributed by atoms with Gasteiger partial charge in [0, 0.05) is 32.6 Å². The second-order valence-corrected chi connectivity index (χ2v) is 11.0. The van der Waals surface area contributed by atoms with E-state index in [0.29, 0.717) is 0 Å². The van der Waals surface area contributed by atoms with E-state index in [1.807, 2.05) is 24.3 Å². The van der Waals surface area contributed by atoms with Gasteiger partial charge >= 0.3 is 0 Å². The molecule has 0 radical (unpaired) electrons. The second kappa shape index (κ2) is 7.93. The molecule has 0 aliphatic rings. The van der Waals surface area contributed by atoms with Gasteiger partial charge in [0.1, 0.15) is 5.52 Å². The summed E-state index contributed by atoms with van der Waals surface area (Å²) < 4.78 is 4.68. The molecule has 6 aromatic carbocycles. The number of hydrogen-bond donors (Lipinski definition) is 0. The van der Waals surface area contributed by atoms with Crippen LogP contribution in [0.15, 0.2) is 133 Å². The molecule has 0 fully saturated rings. The molecule has 0 aliphatic heterocycles. The summed E-state index contributed by atoms with van der Waals surface area (Å²) in [6.45, 7) is 0. The van der Waals surface area contributed by atoms with Crippen molar-refractivity contribution in [1.82, 2.24) is 18.9 Å². The topological polar surface area (TPSA) is 35.1 Å². The summed E-state index contributed by atoms with van der Waals surface area (Å²) in [7, 11) is 0. The predicted octanol–water partition coefficient (Wildman–Crippen LogP) is 9.54. The Morgan fingerprint density at radius 2 is 1.17 bits per heavy atom. The van der Waals surface area contributed by atoms with Gasteiger partial charge in [-0.05, 0) is 59.7 Å². The van der Waals surface area contributed by atoms with E-state index in [1.165, 1.54) is 54.9 Å². The molecule has 0 aliphatic carbocycles. The Hall–Kier alpha value is -5.74. The number of aromatic nitrogens is 4. The summed E-state index contributed by atoms with van der Waals surface area (Å²) in [5.41, 5.74) is 12.1. The third-order valence-corrected chi connectivity index (χ3v) is 8.83. The van der Waals surface area contributed by atoms with Crippen LogP contribution in [-0.2, 0) is 0 Å². The average Bonchev–Trinajstić information content (AvgIpc) is 3.68. The Kier molecular flexibility index (Phi) is 4.15. The van der Waals surface area contributed by atoms with Crippen molar-refractivity contribution in [2.75, 3.05) is 0 Å². The van der Waals surface area contributed by atoms with Crippen molar-refractivity contribution < 1.29 is 0 Å². The minimum atomic E-state index is 0.911. The van der Waals surface area contributed by atoms with Crippen molar-refractivity contribution in [3.8, 4) is 16.8 Å². The average molecular weight is 535 g/mol. The lowest BCUT2D eigenvalue weighted by Crippen LogP contribution is -1.92. The van der Waals surface area contributed by atoms with Crippen LogP contribution in [0.2, 0.25) is 0 Å². The van der Waals surface area contributed by atoms with Crippen molar-refractivity contribution in [2.24, 2.45) is 0 Å². The molecule has 194 valence electrons. The first-order chi connectivity index (χ1) is 20.8. The molecule has 0 saturated heterocycles. The summed E-state index contributed by atoms with van der Waals surface area (Å²) in [5.74, 6) is 0. The minimum absolute atomic E-state index is 0.911. The highest BCUT2D eigenvalue weighted by Crippen LogP contribution is 2.43. The summed E-state index contributed by atoms with van der Waals surface area (Å²) >= 11 is 0. The maximum Gasteiger partial charge on any atom is 0.165 e. The van der Waals surface area contributed by atoms with Crippen LogP contribution in [0.1, 0.15) is 0 Å². The molecular weight excluding hydrogens is 512 g/mol. The van der Waals surface area contributed by atoms with E-state index < -0.39 is 0 Å². The molecule has 0 unspecified atom stereocenters. The van der Waals surface area contributed by atoms with Crippen molar-refractivity contribution in [3.05, 3.63) is 133 Å². The van der Waals surface area contributed by atoms with E-state index in [4.69, 9.17) is 9.97 Å². The van der Waals surface area contributed by atoms with Crippen LogP contribution in [0.4, 0.5) is 0 Å². The van der Waals surface area contributed by atoms with Gasteiger partial charge in [0.25, 0.3) is 0 Å². The first kappa shape index (κ1) is 22.0. The summed E-state index contributed by atoms with van der Waals surface area (Å²) in [5, 5.41) is 6.13. The monoisotopic (exact) mass is 534 g/mol. The maximum atomic E-state index is 5.12. The van der Waals surface area contributed by atoms with E-state index >= 15 is 0 Å². The van der Waals surface area contributed by atoms with E-state index in [9.17, 15) is 0 Å². The molecule has 4 heteroatoms. The molecule has 10 rings (SSSR count). The Morgan fingerprint density at radius 1 is 0.476 bits per heavy atom.